The number of benzene rings is 1. The zero-order valence-corrected chi connectivity index (χ0v) is 15.4. The standard InChI is InChI=1S/C19H22F2N2O5/c1-22(12-13-6-3-2-4-7-13)15(24)9-10-16(25)23-11-5-8-14(23)17(26)19(20,21)18(27)28/h2-4,6-7,14H,5,8-12H2,1H3,(H,27,28). The second-order valence-electron chi connectivity index (χ2n) is 6.72. The number of carbonyl (C=O) groups excluding carboxylic acids is 3. The lowest BCUT2D eigenvalue weighted by atomic mass is 10.0. The largest absolute Gasteiger partial charge is 0.476 e. The first-order chi connectivity index (χ1) is 13.1. The van der Waals surface area contributed by atoms with Crippen molar-refractivity contribution in [3.8, 4) is 0 Å². The topological polar surface area (TPSA) is 95.0 Å². The van der Waals surface area contributed by atoms with E-state index in [2.05, 4.69) is 0 Å². The molecule has 0 saturated carbocycles. The Bertz CT molecular complexity index is 754. The first-order valence-corrected chi connectivity index (χ1v) is 8.87. The minimum atomic E-state index is -4.54. The van der Waals surface area contributed by atoms with Crippen LogP contribution in [0.25, 0.3) is 0 Å². The van der Waals surface area contributed by atoms with Gasteiger partial charge in [0.2, 0.25) is 17.6 Å². The molecule has 1 atom stereocenters. The van der Waals surface area contributed by atoms with Crippen LogP contribution >= 0.6 is 0 Å². The number of carboxylic acids is 1. The van der Waals surface area contributed by atoms with E-state index in [0.29, 0.717) is 13.0 Å². The molecule has 0 bridgehead atoms. The van der Waals surface area contributed by atoms with Gasteiger partial charge in [0, 0.05) is 33.0 Å². The molecule has 1 unspecified atom stereocenters. The summed E-state index contributed by atoms with van der Waals surface area (Å²) in [6.07, 6.45) is -0.0652. The number of halogens is 2. The normalized spacial score (nSPS) is 16.7. The number of likely N-dealkylation sites (tertiary alicyclic amines) is 1. The third kappa shape index (κ3) is 4.90. The van der Waals surface area contributed by atoms with Crippen LogP contribution < -0.4 is 0 Å². The van der Waals surface area contributed by atoms with Gasteiger partial charge in [-0.15, -0.1) is 0 Å². The smallest absolute Gasteiger partial charge is 0.401 e. The third-order valence-corrected chi connectivity index (χ3v) is 4.69. The minimum Gasteiger partial charge on any atom is -0.476 e. The molecule has 28 heavy (non-hydrogen) atoms. The second kappa shape index (κ2) is 8.90. The fourth-order valence-electron chi connectivity index (χ4n) is 3.15. The number of alkyl halides is 2. The highest BCUT2D eigenvalue weighted by molar-refractivity contribution is 6.08. The SMILES string of the molecule is CN(Cc1ccccc1)C(=O)CCC(=O)N1CCCC1C(=O)C(F)(F)C(=O)O. The Morgan fingerprint density at radius 3 is 2.43 bits per heavy atom. The molecule has 1 heterocycles. The average molecular weight is 396 g/mol. The van der Waals surface area contributed by atoms with Gasteiger partial charge in [0.15, 0.2) is 0 Å². The van der Waals surface area contributed by atoms with Crippen LogP contribution in [0.2, 0.25) is 0 Å². The Morgan fingerprint density at radius 2 is 1.82 bits per heavy atom. The number of carbonyl (C=O) groups is 4. The molecule has 9 heteroatoms. The lowest BCUT2D eigenvalue weighted by Crippen LogP contribution is -2.50. The van der Waals surface area contributed by atoms with Crippen molar-refractivity contribution in [3.63, 3.8) is 0 Å². The van der Waals surface area contributed by atoms with E-state index in [-0.39, 0.29) is 31.7 Å². The molecule has 1 aliphatic heterocycles. The van der Waals surface area contributed by atoms with E-state index in [1.54, 1.807) is 7.05 Å². The van der Waals surface area contributed by atoms with Crippen LogP contribution in [0.1, 0.15) is 31.2 Å². The van der Waals surface area contributed by atoms with Crippen LogP contribution in [0.4, 0.5) is 8.78 Å². The van der Waals surface area contributed by atoms with E-state index >= 15 is 0 Å². The van der Waals surface area contributed by atoms with Crippen molar-refractivity contribution in [2.24, 2.45) is 0 Å². The molecule has 7 nitrogen and oxygen atoms in total. The molecule has 1 N–H and O–H groups in total. The summed E-state index contributed by atoms with van der Waals surface area (Å²) in [6, 6.07) is 7.78. The molecule has 0 aromatic heterocycles. The Labute approximate surface area is 160 Å². The summed E-state index contributed by atoms with van der Waals surface area (Å²) in [6.45, 7) is 0.447. The zero-order valence-electron chi connectivity index (χ0n) is 15.4. The summed E-state index contributed by atoms with van der Waals surface area (Å²) < 4.78 is 27.0. The van der Waals surface area contributed by atoms with Crippen LogP contribution in [0.15, 0.2) is 30.3 Å². The molecule has 1 saturated heterocycles. The molecule has 0 aliphatic carbocycles. The zero-order chi connectivity index (χ0) is 20.9. The Hall–Kier alpha value is -2.84. The average Bonchev–Trinajstić information content (AvgIpc) is 3.15. The number of hydrogen-bond donors (Lipinski definition) is 1. The van der Waals surface area contributed by atoms with Gasteiger partial charge >= 0.3 is 11.9 Å². The summed E-state index contributed by atoms with van der Waals surface area (Å²) in [4.78, 5) is 49.5. The van der Waals surface area contributed by atoms with Crippen molar-refractivity contribution in [2.45, 2.75) is 44.2 Å². The summed E-state index contributed by atoms with van der Waals surface area (Å²) in [7, 11) is 1.59. The van der Waals surface area contributed by atoms with Gasteiger partial charge in [-0.05, 0) is 18.4 Å². The quantitative estimate of drug-likeness (QED) is 0.675. The van der Waals surface area contributed by atoms with Crippen molar-refractivity contribution in [1.29, 1.82) is 0 Å². The fraction of sp³-hybridized carbons (Fsp3) is 0.474. The lowest BCUT2D eigenvalue weighted by Gasteiger charge is -2.26. The van der Waals surface area contributed by atoms with Gasteiger partial charge in [-0.3, -0.25) is 14.4 Å². The Balaban J connectivity index is 1.91. The highest BCUT2D eigenvalue weighted by Gasteiger charge is 2.53. The van der Waals surface area contributed by atoms with E-state index in [1.165, 1.54) is 4.90 Å². The number of aliphatic carboxylic acids is 1. The van der Waals surface area contributed by atoms with Crippen molar-refractivity contribution in [3.05, 3.63) is 35.9 Å². The van der Waals surface area contributed by atoms with Gasteiger partial charge in [0.25, 0.3) is 0 Å². The van der Waals surface area contributed by atoms with Crippen molar-refractivity contribution >= 4 is 23.6 Å². The van der Waals surface area contributed by atoms with Gasteiger partial charge in [0.05, 0.1) is 6.04 Å². The molecule has 2 amide bonds. The molecule has 2 rings (SSSR count). The molecule has 0 radical (unpaired) electrons. The highest BCUT2D eigenvalue weighted by Crippen LogP contribution is 2.27. The number of carboxylic acid groups (broad SMARTS) is 1. The first kappa shape index (κ1) is 21.5. The number of ketones is 1. The summed E-state index contributed by atoms with van der Waals surface area (Å²) >= 11 is 0. The van der Waals surface area contributed by atoms with Gasteiger partial charge < -0.3 is 14.9 Å². The predicted octanol–water partition coefficient (Wildman–Crippen LogP) is 1.71. The molecular formula is C19H22F2N2O5. The van der Waals surface area contributed by atoms with Crippen LogP contribution in [0.3, 0.4) is 0 Å². The highest BCUT2D eigenvalue weighted by atomic mass is 19.3. The van der Waals surface area contributed by atoms with Crippen molar-refractivity contribution in [2.75, 3.05) is 13.6 Å². The summed E-state index contributed by atoms with van der Waals surface area (Å²) in [5, 5.41) is 8.53. The molecule has 1 fully saturated rings. The number of nitrogens with zero attached hydrogens (tertiary/aromatic N) is 2. The van der Waals surface area contributed by atoms with Crippen LogP contribution in [0, 0.1) is 0 Å². The number of rotatable bonds is 8. The molecule has 1 aromatic carbocycles. The van der Waals surface area contributed by atoms with Gasteiger partial charge in [0.1, 0.15) is 0 Å². The predicted molar refractivity (Wildman–Crippen MR) is 94.5 cm³/mol. The minimum absolute atomic E-state index is 0.0186. The summed E-state index contributed by atoms with van der Waals surface area (Å²) in [5.74, 6) is -9.78. The monoisotopic (exact) mass is 396 g/mol. The van der Waals surface area contributed by atoms with E-state index in [0.717, 1.165) is 10.5 Å². The third-order valence-electron chi connectivity index (χ3n) is 4.69. The molecule has 1 aromatic rings. The number of hydrogen-bond acceptors (Lipinski definition) is 4. The van der Waals surface area contributed by atoms with E-state index < -0.39 is 29.6 Å². The maximum absolute atomic E-state index is 13.5. The van der Waals surface area contributed by atoms with E-state index in [4.69, 9.17) is 5.11 Å². The van der Waals surface area contributed by atoms with Gasteiger partial charge in [-0.25, -0.2) is 4.79 Å². The van der Waals surface area contributed by atoms with Crippen molar-refractivity contribution < 1.29 is 33.1 Å². The molecule has 0 spiro atoms. The Morgan fingerprint density at radius 1 is 1.18 bits per heavy atom. The van der Waals surface area contributed by atoms with E-state index in [9.17, 15) is 28.0 Å². The fourth-order valence-corrected chi connectivity index (χ4v) is 3.15. The second-order valence-corrected chi connectivity index (χ2v) is 6.72. The van der Waals surface area contributed by atoms with Crippen LogP contribution in [-0.4, -0.2) is 64.0 Å². The number of amides is 2. The van der Waals surface area contributed by atoms with E-state index in [1.807, 2.05) is 30.3 Å². The van der Waals surface area contributed by atoms with Crippen molar-refractivity contribution in [1.82, 2.24) is 9.80 Å². The lowest BCUT2D eigenvalue weighted by molar-refractivity contribution is -0.174. The van der Waals surface area contributed by atoms with Crippen LogP contribution in [0.5, 0.6) is 0 Å². The molecular weight excluding hydrogens is 374 g/mol. The van der Waals surface area contributed by atoms with Crippen LogP contribution in [-0.2, 0) is 25.7 Å². The van der Waals surface area contributed by atoms with Gasteiger partial charge in [-0.2, -0.15) is 8.78 Å². The maximum atomic E-state index is 13.5. The summed E-state index contributed by atoms with van der Waals surface area (Å²) in [5.41, 5.74) is 0.922. The maximum Gasteiger partial charge on any atom is 0.401 e. The van der Waals surface area contributed by atoms with Gasteiger partial charge in [-0.1, -0.05) is 30.3 Å². The number of Topliss-reactive ketones (excluding diaryl/α,β-unsaturated/α-hetero) is 1. The first-order valence-electron chi connectivity index (χ1n) is 8.87. The molecule has 1 aliphatic rings. The molecule has 152 valence electrons. The Kier molecular flexibility index (Phi) is 6.82.